The Morgan fingerprint density at radius 2 is 2.14 bits per heavy atom. The van der Waals surface area contributed by atoms with Crippen molar-refractivity contribution in [3.63, 3.8) is 0 Å². The SMILES string of the molecule is CC(C)c1ccccc1NC(=O)CN1CCCC1CN.Cl. The number of rotatable bonds is 5. The lowest BCUT2D eigenvalue weighted by atomic mass is 10.0. The van der Waals surface area contributed by atoms with Crippen LogP contribution in [-0.4, -0.2) is 36.5 Å². The number of halogens is 1. The van der Waals surface area contributed by atoms with Crippen molar-refractivity contribution in [2.75, 3.05) is 25.0 Å². The van der Waals surface area contributed by atoms with Gasteiger partial charge in [0.1, 0.15) is 0 Å². The Hall–Kier alpha value is -1.10. The van der Waals surface area contributed by atoms with Gasteiger partial charge in [0.2, 0.25) is 5.91 Å². The van der Waals surface area contributed by atoms with E-state index in [1.54, 1.807) is 0 Å². The van der Waals surface area contributed by atoms with E-state index in [4.69, 9.17) is 5.73 Å². The summed E-state index contributed by atoms with van der Waals surface area (Å²) in [5, 5.41) is 3.04. The summed E-state index contributed by atoms with van der Waals surface area (Å²) in [6.45, 7) is 6.32. The molecule has 1 saturated heterocycles. The second-order valence-corrected chi connectivity index (χ2v) is 5.79. The molecule has 0 radical (unpaired) electrons. The van der Waals surface area contributed by atoms with Crippen LogP contribution in [0.4, 0.5) is 5.69 Å². The molecule has 0 bridgehead atoms. The highest BCUT2D eigenvalue weighted by Crippen LogP contribution is 2.24. The first-order valence-electron chi connectivity index (χ1n) is 7.44. The Morgan fingerprint density at radius 1 is 1.43 bits per heavy atom. The van der Waals surface area contributed by atoms with Gasteiger partial charge in [0.25, 0.3) is 0 Å². The van der Waals surface area contributed by atoms with E-state index < -0.39 is 0 Å². The number of nitrogens with zero attached hydrogens (tertiary/aromatic N) is 1. The molecule has 0 spiro atoms. The highest BCUT2D eigenvalue weighted by Gasteiger charge is 2.25. The number of carbonyl (C=O) groups is 1. The van der Waals surface area contributed by atoms with Crippen molar-refractivity contribution >= 4 is 24.0 Å². The minimum Gasteiger partial charge on any atom is -0.329 e. The number of carbonyl (C=O) groups excluding carboxylic acids is 1. The summed E-state index contributed by atoms with van der Waals surface area (Å²) in [6, 6.07) is 8.37. The first-order valence-corrected chi connectivity index (χ1v) is 7.44. The Balaban J connectivity index is 0.00000220. The molecule has 1 aliphatic rings. The maximum absolute atomic E-state index is 12.2. The Kier molecular flexibility index (Phi) is 7.15. The van der Waals surface area contributed by atoms with E-state index in [1.807, 2.05) is 18.2 Å². The van der Waals surface area contributed by atoms with Gasteiger partial charge >= 0.3 is 0 Å². The lowest BCUT2D eigenvalue weighted by molar-refractivity contribution is -0.117. The summed E-state index contributed by atoms with van der Waals surface area (Å²) in [4.78, 5) is 14.4. The molecule has 0 saturated carbocycles. The van der Waals surface area contributed by atoms with Crippen LogP contribution in [0.2, 0.25) is 0 Å². The van der Waals surface area contributed by atoms with Crippen LogP contribution in [-0.2, 0) is 4.79 Å². The number of nitrogens with one attached hydrogen (secondary N) is 1. The van der Waals surface area contributed by atoms with Gasteiger partial charge in [-0.3, -0.25) is 9.69 Å². The molecule has 1 aromatic rings. The lowest BCUT2D eigenvalue weighted by Gasteiger charge is -2.23. The second-order valence-electron chi connectivity index (χ2n) is 5.79. The van der Waals surface area contributed by atoms with Gasteiger partial charge in [-0.1, -0.05) is 32.0 Å². The number of benzene rings is 1. The third-order valence-corrected chi connectivity index (χ3v) is 3.97. The van der Waals surface area contributed by atoms with Gasteiger partial charge < -0.3 is 11.1 Å². The van der Waals surface area contributed by atoms with Gasteiger partial charge in [-0.25, -0.2) is 0 Å². The Bertz CT molecular complexity index is 465. The molecule has 1 aromatic carbocycles. The number of para-hydroxylation sites is 1. The van der Waals surface area contributed by atoms with Crippen molar-refractivity contribution < 1.29 is 4.79 Å². The van der Waals surface area contributed by atoms with Crippen molar-refractivity contribution in [1.29, 1.82) is 0 Å². The fourth-order valence-corrected chi connectivity index (χ4v) is 2.86. The minimum absolute atomic E-state index is 0. The van der Waals surface area contributed by atoms with E-state index >= 15 is 0 Å². The molecular formula is C16H26ClN3O. The third kappa shape index (κ3) is 4.70. The molecule has 4 nitrogen and oxygen atoms in total. The normalized spacial score (nSPS) is 18.6. The van der Waals surface area contributed by atoms with Crippen LogP contribution in [0.3, 0.4) is 0 Å². The molecule has 118 valence electrons. The smallest absolute Gasteiger partial charge is 0.238 e. The van der Waals surface area contributed by atoms with Gasteiger partial charge in [0.05, 0.1) is 6.54 Å². The van der Waals surface area contributed by atoms with Crippen LogP contribution >= 0.6 is 12.4 Å². The maximum Gasteiger partial charge on any atom is 0.238 e. The average molecular weight is 312 g/mol. The van der Waals surface area contributed by atoms with Crippen molar-refractivity contribution in [3.05, 3.63) is 29.8 Å². The molecule has 5 heteroatoms. The van der Waals surface area contributed by atoms with Crippen molar-refractivity contribution in [3.8, 4) is 0 Å². The van der Waals surface area contributed by atoms with Crippen molar-refractivity contribution in [2.45, 2.75) is 38.6 Å². The van der Waals surface area contributed by atoms with Crippen LogP contribution in [0.15, 0.2) is 24.3 Å². The molecule has 1 heterocycles. The van der Waals surface area contributed by atoms with E-state index in [1.165, 1.54) is 5.56 Å². The minimum atomic E-state index is 0. The zero-order valence-corrected chi connectivity index (χ0v) is 13.7. The second kappa shape index (κ2) is 8.37. The molecule has 1 fully saturated rings. The molecule has 3 N–H and O–H groups in total. The zero-order valence-electron chi connectivity index (χ0n) is 12.8. The Morgan fingerprint density at radius 3 is 2.81 bits per heavy atom. The summed E-state index contributed by atoms with van der Waals surface area (Å²) in [7, 11) is 0. The average Bonchev–Trinajstić information content (AvgIpc) is 2.86. The molecule has 0 aliphatic carbocycles. The highest BCUT2D eigenvalue weighted by molar-refractivity contribution is 5.93. The number of hydrogen-bond acceptors (Lipinski definition) is 3. The van der Waals surface area contributed by atoms with Crippen LogP contribution in [0.1, 0.15) is 38.2 Å². The summed E-state index contributed by atoms with van der Waals surface area (Å²) >= 11 is 0. The first-order chi connectivity index (χ1) is 9.61. The number of anilines is 1. The monoisotopic (exact) mass is 311 g/mol. The summed E-state index contributed by atoms with van der Waals surface area (Å²) in [5.41, 5.74) is 7.85. The summed E-state index contributed by atoms with van der Waals surface area (Å²) < 4.78 is 0. The van der Waals surface area contributed by atoms with Gasteiger partial charge in [0.15, 0.2) is 0 Å². The van der Waals surface area contributed by atoms with Gasteiger partial charge in [0, 0.05) is 18.3 Å². The van der Waals surface area contributed by atoms with E-state index in [0.29, 0.717) is 25.0 Å². The van der Waals surface area contributed by atoms with E-state index in [2.05, 4.69) is 30.1 Å². The first kappa shape index (κ1) is 18.0. The fourth-order valence-electron chi connectivity index (χ4n) is 2.86. The third-order valence-electron chi connectivity index (χ3n) is 3.97. The summed E-state index contributed by atoms with van der Waals surface area (Å²) in [6.07, 6.45) is 2.24. The lowest BCUT2D eigenvalue weighted by Crippen LogP contribution is -2.40. The van der Waals surface area contributed by atoms with Crippen LogP contribution < -0.4 is 11.1 Å². The maximum atomic E-state index is 12.2. The fraction of sp³-hybridized carbons (Fsp3) is 0.562. The number of nitrogens with two attached hydrogens (primary N) is 1. The van der Waals surface area contributed by atoms with E-state index in [0.717, 1.165) is 25.1 Å². The number of hydrogen-bond donors (Lipinski definition) is 2. The Labute approximate surface area is 133 Å². The predicted octanol–water partition coefficient (Wildman–Crippen LogP) is 2.59. The molecule has 1 aliphatic heterocycles. The number of amides is 1. The molecule has 1 unspecified atom stereocenters. The predicted molar refractivity (Wildman–Crippen MR) is 90.1 cm³/mol. The number of likely N-dealkylation sites (tertiary alicyclic amines) is 1. The van der Waals surface area contributed by atoms with Crippen LogP contribution in [0.5, 0.6) is 0 Å². The van der Waals surface area contributed by atoms with Gasteiger partial charge in [-0.15, -0.1) is 12.4 Å². The zero-order chi connectivity index (χ0) is 14.5. The van der Waals surface area contributed by atoms with Gasteiger partial charge in [-0.2, -0.15) is 0 Å². The standard InChI is InChI=1S/C16H25N3O.ClH/c1-12(2)14-7-3-4-8-15(14)18-16(20)11-19-9-5-6-13(19)10-17;/h3-4,7-8,12-13H,5-6,9-11,17H2,1-2H3,(H,18,20);1H. The quantitative estimate of drug-likeness (QED) is 0.879. The molecule has 0 aromatic heterocycles. The molecule has 1 atom stereocenters. The summed E-state index contributed by atoms with van der Waals surface area (Å²) in [5.74, 6) is 0.452. The van der Waals surface area contributed by atoms with Gasteiger partial charge in [-0.05, 0) is 36.9 Å². The van der Waals surface area contributed by atoms with E-state index in [9.17, 15) is 4.79 Å². The molecule has 2 rings (SSSR count). The topological polar surface area (TPSA) is 58.4 Å². The molecular weight excluding hydrogens is 286 g/mol. The van der Waals surface area contributed by atoms with Crippen molar-refractivity contribution in [2.24, 2.45) is 5.73 Å². The van der Waals surface area contributed by atoms with Crippen LogP contribution in [0.25, 0.3) is 0 Å². The largest absolute Gasteiger partial charge is 0.329 e. The molecule has 1 amide bonds. The van der Waals surface area contributed by atoms with Crippen LogP contribution in [0, 0.1) is 0 Å². The van der Waals surface area contributed by atoms with E-state index in [-0.39, 0.29) is 18.3 Å². The van der Waals surface area contributed by atoms with Crippen molar-refractivity contribution in [1.82, 2.24) is 4.90 Å². The molecule has 21 heavy (non-hydrogen) atoms. The highest BCUT2D eigenvalue weighted by atomic mass is 35.5.